The van der Waals surface area contributed by atoms with Gasteiger partial charge in [-0.15, -0.1) is 11.3 Å². The highest BCUT2D eigenvalue weighted by Crippen LogP contribution is 2.50. The predicted molar refractivity (Wildman–Crippen MR) is 282 cm³/mol. The van der Waals surface area contributed by atoms with Crippen LogP contribution in [0.4, 0.5) is 17.1 Å². The maximum absolute atomic E-state index is 7.06. The van der Waals surface area contributed by atoms with E-state index in [9.17, 15) is 0 Å². The molecule has 308 valence electrons. The van der Waals surface area contributed by atoms with E-state index in [0.29, 0.717) is 0 Å². The van der Waals surface area contributed by atoms with Crippen LogP contribution >= 0.6 is 11.3 Å². The first-order chi connectivity index (χ1) is 32.7. The minimum absolute atomic E-state index is 0.856. The molecule has 11 aromatic carbocycles. The first kappa shape index (κ1) is 37.0. The van der Waals surface area contributed by atoms with Crippen LogP contribution in [0.5, 0.6) is 0 Å². The van der Waals surface area contributed by atoms with E-state index in [0.717, 1.165) is 61.4 Å². The highest BCUT2D eigenvalue weighted by Gasteiger charge is 2.26. The number of para-hydroxylation sites is 3. The quantitative estimate of drug-likeness (QED) is 0.155. The number of anilines is 3. The molecule has 0 amide bonds. The second-order valence-electron chi connectivity index (χ2n) is 17.2. The molecule has 66 heavy (non-hydrogen) atoms. The monoisotopic (exact) mass is 858 g/mol. The lowest BCUT2D eigenvalue weighted by Crippen LogP contribution is -2.12. The Kier molecular flexibility index (Phi) is 8.15. The lowest BCUT2D eigenvalue weighted by Gasteiger charge is -2.30. The van der Waals surface area contributed by atoms with Gasteiger partial charge in [-0.05, 0) is 112 Å². The molecule has 0 fully saturated rings. The molecule has 3 nitrogen and oxygen atoms in total. The molecule has 0 aliphatic rings. The van der Waals surface area contributed by atoms with Crippen molar-refractivity contribution < 1.29 is 4.42 Å². The summed E-state index contributed by atoms with van der Waals surface area (Å²) in [6.45, 7) is 0. The van der Waals surface area contributed by atoms with Gasteiger partial charge in [0.05, 0.1) is 22.4 Å². The van der Waals surface area contributed by atoms with Crippen LogP contribution in [0, 0.1) is 0 Å². The highest BCUT2D eigenvalue weighted by molar-refractivity contribution is 7.25. The molecule has 0 bridgehead atoms. The summed E-state index contributed by atoms with van der Waals surface area (Å²) in [6, 6.07) is 84.1. The summed E-state index contributed by atoms with van der Waals surface area (Å²) in [5.74, 6) is 0. The molecule has 3 aromatic heterocycles. The number of furan rings is 1. The lowest BCUT2D eigenvalue weighted by molar-refractivity contribution is 0.670. The standard InChI is InChI=1S/C62H38N2OS/c1-2-20-45-41(15-1)38-57(47-22-4-3-21-46(45)47)64(43-18-13-16-39(35-43)40-31-34-60-53(37-40)51-26-8-12-30-59(51)66-60)56-33-32-52-50-25-7-11-29-58(50)65-62(52)61(56)42-17-14-19-44(36-42)63-54-27-9-5-23-48(54)49-24-6-10-28-55(49)63/h1-38H. The third-order valence-electron chi connectivity index (χ3n) is 13.5. The Hall–Kier alpha value is -8.44. The van der Waals surface area contributed by atoms with Gasteiger partial charge in [-0.25, -0.2) is 0 Å². The van der Waals surface area contributed by atoms with Gasteiger partial charge in [0.2, 0.25) is 0 Å². The van der Waals surface area contributed by atoms with Crippen LogP contribution in [-0.2, 0) is 0 Å². The van der Waals surface area contributed by atoms with Gasteiger partial charge in [0.25, 0.3) is 0 Å². The van der Waals surface area contributed by atoms with Crippen LogP contribution in [0.2, 0.25) is 0 Å². The fourth-order valence-corrected chi connectivity index (χ4v) is 11.7. The molecule has 0 radical (unpaired) electrons. The summed E-state index contributed by atoms with van der Waals surface area (Å²) in [4.78, 5) is 2.48. The molecular formula is C62H38N2OS. The Balaban J connectivity index is 1.07. The molecule has 0 atom stereocenters. The third kappa shape index (κ3) is 5.62. The van der Waals surface area contributed by atoms with Crippen molar-refractivity contribution in [1.29, 1.82) is 0 Å². The Morgan fingerprint density at radius 2 is 1.00 bits per heavy atom. The predicted octanol–water partition coefficient (Wildman–Crippen LogP) is 18.2. The van der Waals surface area contributed by atoms with E-state index in [1.807, 2.05) is 11.3 Å². The first-order valence-electron chi connectivity index (χ1n) is 22.5. The van der Waals surface area contributed by atoms with Crippen LogP contribution in [0.15, 0.2) is 235 Å². The van der Waals surface area contributed by atoms with Crippen molar-refractivity contribution in [3.63, 3.8) is 0 Å². The topological polar surface area (TPSA) is 21.3 Å². The Labute approximate surface area is 384 Å². The van der Waals surface area contributed by atoms with E-state index in [2.05, 4.69) is 240 Å². The highest BCUT2D eigenvalue weighted by atomic mass is 32.1. The molecule has 0 saturated heterocycles. The summed E-state index contributed by atoms with van der Waals surface area (Å²) in [7, 11) is 0. The normalized spacial score (nSPS) is 11.9. The van der Waals surface area contributed by atoms with Gasteiger partial charge in [-0.1, -0.05) is 152 Å². The van der Waals surface area contributed by atoms with Gasteiger partial charge < -0.3 is 13.9 Å². The van der Waals surface area contributed by atoms with E-state index in [-0.39, 0.29) is 0 Å². The number of thiophene rings is 1. The van der Waals surface area contributed by atoms with Crippen molar-refractivity contribution in [2.24, 2.45) is 0 Å². The molecule has 3 heterocycles. The third-order valence-corrected chi connectivity index (χ3v) is 14.7. The van der Waals surface area contributed by atoms with Crippen molar-refractivity contribution in [3.05, 3.63) is 231 Å². The Morgan fingerprint density at radius 1 is 0.364 bits per heavy atom. The minimum Gasteiger partial charge on any atom is -0.455 e. The molecule has 0 unspecified atom stereocenters. The largest absolute Gasteiger partial charge is 0.455 e. The SMILES string of the molecule is c1cc(-c2ccc3sc4ccccc4c3c2)cc(N(c2ccc3c(oc4ccccc43)c2-c2cccc(-n3c4ccccc4c4ccccc43)c2)c2cc3ccccc3c3ccccc23)c1. The maximum atomic E-state index is 7.06. The average molecular weight is 859 g/mol. The number of benzene rings is 11. The minimum atomic E-state index is 0.856. The van der Waals surface area contributed by atoms with Crippen LogP contribution in [0.1, 0.15) is 0 Å². The second kappa shape index (κ2) is 14.5. The van der Waals surface area contributed by atoms with Crippen LogP contribution in [0.25, 0.3) is 113 Å². The van der Waals surface area contributed by atoms with E-state index in [4.69, 9.17) is 4.42 Å². The number of hydrogen-bond acceptors (Lipinski definition) is 3. The van der Waals surface area contributed by atoms with E-state index < -0.39 is 0 Å². The van der Waals surface area contributed by atoms with Gasteiger partial charge >= 0.3 is 0 Å². The number of fused-ring (bicyclic) bond motifs is 12. The zero-order valence-electron chi connectivity index (χ0n) is 35.7. The zero-order valence-corrected chi connectivity index (χ0v) is 36.5. The fourth-order valence-electron chi connectivity index (χ4n) is 10.6. The Morgan fingerprint density at radius 3 is 1.83 bits per heavy atom. The van der Waals surface area contributed by atoms with E-state index in [1.54, 1.807) is 0 Å². The van der Waals surface area contributed by atoms with Crippen molar-refractivity contribution >= 4 is 114 Å². The number of aromatic nitrogens is 1. The summed E-state index contributed by atoms with van der Waals surface area (Å²) in [6.07, 6.45) is 0. The van der Waals surface area contributed by atoms with E-state index in [1.165, 1.54) is 69.1 Å². The zero-order chi connectivity index (χ0) is 43.3. The van der Waals surface area contributed by atoms with Gasteiger partial charge in [-0.2, -0.15) is 0 Å². The average Bonchev–Trinajstić information content (AvgIpc) is 4.06. The molecule has 0 spiro atoms. The van der Waals surface area contributed by atoms with Gasteiger partial charge in [0.1, 0.15) is 11.2 Å². The molecule has 0 aliphatic heterocycles. The summed E-state index contributed by atoms with van der Waals surface area (Å²) in [5, 5.41) is 12.0. The molecule has 14 rings (SSSR count). The van der Waals surface area contributed by atoms with Crippen LogP contribution < -0.4 is 4.90 Å². The molecule has 14 aromatic rings. The lowest BCUT2D eigenvalue weighted by atomic mass is 9.95. The number of rotatable bonds is 6. The van der Waals surface area contributed by atoms with Crippen molar-refractivity contribution in [2.45, 2.75) is 0 Å². The Bertz CT molecular complexity index is 4210. The van der Waals surface area contributed by atoms with Crippen LogP contribution in [0.3, 0.4) is 0 Å². The van der Waals surface area contributed by atoms with Crippen molar-refractivity contribution in [2.75, 3.05) is 4.90 Å². The van der Waals surface area contributed by atoms with Crippen molar-refractivity contribution in [3.8, 4) is 27.9 Å². The molecule has 0 aliphatic carbocycles. The molecule has 0 saturated carbocycles. The molecule has 4 heteroatoms. The second-order valence-corrected chi connectivity index (χ2v) is 18.3. The summed E-state index contributed by atoms with van der Waals surface area (Å²) < 4.78 is 12.1. The van der Waals surface area contributed by atoms with Gasteiger partial charge in [0.15, 0.2) is 0 Å². The first-order valence-corrected chi connectivity index (χ1v) is 23.3. The summed E-state index contributed by atoms with van der Waals surface area (Å²) >= 11 is 1.85. The van der Waals surface area contributed by atoms with Crippen LogP contribution in [-0.4, -0.2) is 4.57 Å². The van der Waals surface area contributed by atoms with E-state index >= 15 is 0 Å². The number of nitrogens with zero attached hydrogens (tertiary/aromatic N) is 2. The van der Waals surface area contributed by atoms with Gasteiger partial charge in [0, 0.05) is 64.0 Å². The maximum Gasteiger partial charge on any atom is 0.145 e. The smallest absolute Gasteiger partial charge is 0.145 e. The summed E-state index contributed by atoms with van der Waals surface area (Å²) in [5.41, 5.74) is 12.8. The van der Waals surface area contributed by atoms with Gasteiger partial charge in [-0.3, -0.25) is 0 Å². The molecular weight excluding hydrogens is 821 g/mol. The fraction of sp³-hybridized carbons (Fsp3) is 0. The number of hydrogen-bond donors (Lipinski definition) is 0. The molecule has 0 N–H and O–H groups in total. The van der Waals surface area contributed by atoms with Crippen molar-refractivity contribution in [1.82, 2.24) is 4.57 Å².